The molecule has 0 fully saturated rings. The molecule has 0 unspecified atom stereocenters. The number of rotatable bonds is 4. The summed E-state index contributed by atoms with van der Waals surface area (Å²) in [5.74, 6) is 0. The summed E-state index contributed by atoms with van der Waals surface area (Å²) >= 11 is 0. The largest absolute Gasteiger partial charge is 0.379 e. The van der Waals surface area contributed by atoms with Crippen LogP contribution in [0.5, 0.6) is 0 Å². The van der Waals surface area contributed by atoms with Crippen molar-refractivity contribution in [2.24, 2.45) is 0 Å². The van der Waals surface area contributed by atoms with Gasteiger partial charge in [-0.1, -0.05) is 24.3 Å². The Hall–Kier alpha value is -3.20. The van der Waals surface area contributed by atoms with Gasteiger partial charge in [-0.15, -0.1) is 5.10 Å². The van der Waals surface area contributed by atoms with Crippen LogP contribution in [0, 0.1) is 11.3 Å². The predicted octanol–water partition coefficient (Wildman–Crippen LogP) is 2.15. The van der Waals surface area contributed by atoms with Crippen molar-refractivity contribution in [3.05, 3.63) is 66.0 Å². The Morgan fingerprint density at radius 1 is 1.10 bits per heavy atom. The summed E-state index contributed by atoms with van der Waals surface area (Å²) < 4.78 is 1.61. The number of nitriles is 1. The fourth-order valence-electron chi connectivity index (χ4n) is 1.99. The monoisotopic (exact) mass is 276 g/mol. The highest BCUT2D eigenvalue weighted by Gasteiger charge is 2.04. The van der Waals surface area contributed by atoms with Crippen LogP contribution in [0.3, 0.4) is 0 Å². The Bertz CT molecular complexity index is 756. The van der Waals surface area contributed by atoms with E-state index in [1.807, 2.05) is 48.5 Å². The number of hydrogen-bond acceptors (Lipinski definition) is 5. The number of nitrogens with one attached hydrogen (secondary N) is 1. The third kappa shape index (κ3) is 2.87. The lowest BCUT2D eigenvalue weighted by Crippen LogP contribution is -2.05. The van der Waals surface area contributed by atoms with Gasteiger partial charge in [-0.2, -0.15) is 9.94 Å². The van der Waals surface area contributed by atoms with Gasteiger partial charge in [0.2, 0.25) is 0 Å². The second-order valence-electron chi connectivity index (χ2n) is 4.43. The smallest absolute Gasteiger partial charge is 0.143 e. The SMILES string of the molecule is N#Cc1ccc(CNc2ccccc2-n2cnnn2)cc1. The Labute approximate surface area is 121 Å². The van der Waals surface area contributed by atoms with Gasteiger partial charge in [-0.3, -0.25) is 0 Å². The third-order valence-corrected chi connectivity index (χ3v) is 3.07. The molecule has 0 saturated carbocycles. The van der Waals surface area contributed by atoms with Crippen LogP contribution >= 0.6 is 0 Å². The van der Waals surface area contributed by atoms with Crippen molar-refractivity contribution >= 4 is 5.69 Å². The zero-order chi connectivity index (χ0) is 14.5. The van der Waals surface area contributed by atoms with Gasteiger partial charge in [0.1, 0.15) is 6.33 Å². The van der Waals surface area contributed by atoms with Gasteiger partial charge in [0.05, 0.1) is 23.0 Å². The van der Waals surface area contributed by atoms with E-state index < -0.39 is 0 Å². The molecule has 0 aliphatic heterocycles. The van der Waals surface area contributed by atoms with Crippen molar-refractivity contribution in [2.75, 3.05) is 5.32 Å². The van der Waals surface area contributed by atoms with E-state index in [4.69, 9.17) is 5.26 Å². The second kappa shape index (κ2) is 5.84. The highest BCUT2D eigenvalue weighted by atomic mass is 15.5. The Morgan fingerprint density at radius 3 is 2.62 bits per heavy atom. The normalized spacial score (nSPS) is 10.0. The van der Waals surface area contributed by atoms with Crippen molar-refractivity contribution in [1.82, 2.24) is 20.2 Å². The molecule has 0 aliphatic rings. The quantitative estimate of drug-likeness (QED) is 0.789. The third-order valence-electron chi connectivity index (χ3n) is 3.07. The highest BCUT2D eigenvalue weighted by Crippen LogP contribution is 2.19. The van der Waals surface area contributed by atoms with Crippen LogP contribution in [0.15, 0.2) is 54.9 Å². The van der Waals surface area contributed by atoms with Crippen molar-refractivity contribution in [3.63, 3.8) is 0 Å². The fraction of sp³-hybridized carbons (Fsp3) is 0.0667. The molecule has 2 aromatic carbocycles. The van der Waals surface area contributed by atoms with Crippen molar-refractivity contribution in [3.8, 4) is 11.8 Å². The number of tetrazole rings is 1. The minimum absolute atomic E-state index is 0.658. The van der Waals surface area contributed by atoms with E-state index in [0.29, 0.717) is 12.1 Å². The summed E-state index contributed by atoms with van der Waals surface area (Å²) in [4.78, 5) is 0. The number of nitrogens with zero attached hydrogens (tertiary/aromatic N) is 5. The van der Waals surface area contributed by atoms with Gasteiger partial charge in [-0.25, -0.2) is 0 Å². The van der Waals surface area contributed by atoms with Crippen LogP contribution in [0.25, 0.3) is 5.69 Å². The first-order valence-electron chi connectivity index (χ1n) is 6.42. The van der Waals surface area contributed by atoms with E-state index in [1.54, 1.807) is 11.0 Å². The summed E-state index contributed by atoms with van der Waals surface area (Å²) in [6.07, 6.45) is 1.56. The second-order valence-corrected chi connectivity index (χ2v) is 4.43. The van der Waals surface area contributed by atoms with E-state index in [9.17, 15) is 0 Å². The molecule has 1 N–H and O–H groups in total. The average Bonchev–Trinajstić information content (AvgIpc) is 3.08. The molecule has 0 atom stereocenters. The molecular weight excluding hydrogens is 264 g/mol. The summed E-state index contributed by atoms with van der Waals surface area (Å²) in [5, 5.41) is 23.4. The van der Waals surface area contributed by atoms with E-state index in [-0.39, 0.29) is 0 Å². The predicted molar refractivity (Wildman–Crippen MR) is 77.6 cm³/mol. The maximum Gasteiger partial charge on any atom is 0.143 e. The zero-order valence-corrected chi connectivity index (χ0v) is 11.1. The molecule has 0 amide bonds. The molecule has 21 heavy (non-hydrogen) atoms. The van der Waals surface area contributed by atoms with E-state index in [0.717, 1.165) is 16.9 Å². The summed E-state index contributed by atoms with van der Waals surface area (Å²) in [5.41, 5.74) is 3.58. The van der Waals surface area contributed by atoms with E-state index >= 15 is 0 Å². The van der Waals surface area contributed by atoms with Gasteiger partial charge >= 0.3 is 0 Å². The van der Waals surface area contributed by atoms with Crippen LogP contribution in [-0.2, 0) is 6.54 Å². The van der Waals surface area contributed by atoms with Crippen LogP contribution in [0.2, 0.25) is 0 Å². The average molecular weight is 276 g/mol. The van der Waals surface area contributed by atoms with E-state index in [1.165, 1.54) is 0 Å². The molecule has 0 spiro atoms. The number of para-hydroxylation sites is 2. The van der Waals surface area contributed by atoms with Crippen molar-refractivity contribution in [1.29, 1.82) is 5.26 Å². The molecule has 1 heterocycles. The molecule has 3 aromatic rings. The van der Waals surface area contributed by atoms with Crippen LogP contribution < -0.4 is 5.32 Å². The van der Waals surface area contributed by atoms with Gasteiger partial charge in [0, 0.05) is 6.54 Å². The first-order chi connectivity index (χ1) is 10.4. The first-order valence-corrected chi connectivity index (χ1v) is 6.42. The van der Waals surface area contributed by atoms with E-state index in [2.05, 4.69) is 26.9 Å². The maximum absolute atomic E-state index is 8.79. The Morgan fingerprint density at radius 2 is 1.90 bits per heavy atom. The van der Waals surface area contributed by atoms with Gasteiger partial charge < -0.3 is 5.32 Å². The molecule has 0 bridgehead atoms. The minimum Gasteiger partial charge on any atom is -0.379 e. The molecule has 0 saturated heterocycles. The molecule has 3 rings (SSSR count). The summed E-state index contributed by atoms with van der Waals surface area (Å²) in [6, 6.07) is 17.4. The summed E-state index contributed by atoms with van der Waals surface area (Å²) in [7, 11) is 0. The Kier molecular flexibility index (Phi) is 3.56. The first kappa shape index (κ1) is 12.8. The number of hydrogen-bond donors (Lipinski definition) is 1. The lowest BCUT2D eigenvalue weighted by atomic mass is 10.1. The molecule has 6 nitrogen and oxygen atoms in total. The molecule has 0 aliphatic carbocycles. The van der Waals surface area contributed by atoms with Crippen LogP contribution in [0.1, 0.15) is 11.1 Å². The zero-order valence-electron chi connectivity index (χ0n) is 11.1. The maximum atomic E-state index is 8.79. The fourth-order valence-corrected chi connectivity index (χ4v) is 1.99. The standard InChI is InChI=1S/C15H12N6/c16-9-12-5-7-13(8-6-12)10-17-14-3-1-2-4-15(14)21-11-18-19-20-21/h1-8,11,17H,10H2. The van der Waals surface area contributed by atoms with Crippen molar-refractivity contribution in [2.45, 2.75) is 6.54 Å². The van der Waals surface area contributed by atoms with Gasteiger partial charge in [0.25, 0.3) is 0 Å². The topological polar surface area (TPSA) is 79.4 Å². The molecule has 6 heteroatoms. The molecule has 1 aromatic heterocycles. The lowest BCUT2D eigenvalue weighted by molar-refractivity contribution is 0.789. The molecule has 102 valence electrons. The summed E-state index contributed by atoms with van der Waals surface area (Å²) in [6.45, 7) is 0.658. The molecule has 0 radical (unpaired) electrons. The van der Waals surface area contributed by atoms with Gasteiger partial charge in [-0.05, 0) is 40.3 Å². The number of benzene rings is 2. The van der Waals surface area contributed by atoms with Crippen LogP contribution in [-0.4, -0.2) is 20.2 Å². The van der Waals surface area contributed by atoms with Crippen LogP contribution in [0.4, 0.5) is 5.69 Å². The minimum atomic E-state index is 0.658. The lowest BCUT2D eigenvalue weighted by Gasteiger charge is -2.11. The highest BCUT2D eigenvalue weighted by molar-refractivity contribution is 5.60. The van der Waals surface area contributed by atoms with Crippen molar-refractivity contribution < 1.29 is 0 Å². The van der Waals surface area contributed by atoms with Gasteiger partial charge in [0.15, 0.2) is 0 Å². The number of anilines is 1. The number of aromatic nitrogens is 4. The molecular formula is C15H12N6. The Balaban J connectivity index is 1.78.